The van der Waals surface area contributed by atoms with Gasteiger partial charge in [-0.25, -0.2) is 9.37 Å². The van der Waals surface area contributed by atoms with Crippen LogP contribution in [0.2, 0.25) is 0 Å². The summed E-state index contributed by atoms with van der Waals surface area (Å²) in [6.07, 6.45) is 4.86. The van der Waals surface area contributed by atoms with Gasteiger partial charge in [-0.1, -0.05) is 6.92 Å². The standard InChI is InChI=1S/C14H23FN4O/c1-3-16-13-17-8-11(15)12(18-13)19-14(9-20)6-4-10(2)5-7-14/h8,10,20H,3-7,9H2,1-2H3,(H2,16,17,18,19). The quantitative estimate of drug-likeness (QED) is 0.773. The van der Waals surface area contributed by atoms with Crippen LogP contribution >= 0.6 is 0 Å². The van der Waals surface area contributed by atoms with Gasteiger partial charge < -0.3 is 15.7 Å². The van der Waals surface area contributed by atoms with E-state index in [0.717, 1.165) is 31.9 Å². The van der Waals surface area contributed by atoms with Gasteiger partial charge in [0.15, 0.2) is 11.6 Å². The lowest BCUT2D eigenvalue weighted by molar-refractivity contribution is 0.154. The SMILES string of the molecule is CCNc1ncc(F)c(NC2(CO)CCC(C)CC2)n1. The molecule has 0 bridgehead atoms. The second kappa shape index (κ2) is 6.35. The minimum Gasteiger partial charge on any atom is -0.394 e. The molecule has 0 amide bonds. The minimum absolute atomic E-state index is 0.0142. The zero-order valence-electron chi connectivity index (χ0n) is 12.1. The van der Waals surface area contributed by atoms with E-state index in [1.54, 1.807) is 0 Å². The maximum absolute atomic E-state index is 13.9. The highest BCUT2D eigenvalue weighted by molar-refractivity contribution is 5.43. The summed E-state index contributed by atoms with van der Waals surface area (Å²) in [5, 5.41) is 15.8. The number of hydrogen-bond donors (Lipinski definition) is 3. The molecule has 20 heavy (non-hydrogen) atoms. The Morgan fingerprint density at radius 3 is 2.75 bits per heavy atom. The van der Waals surface area contributed by atoms with Gasteiger partial charge in [0.25, 0.3) is 0 Å². The van der Waals surface area contributed by atoms with Crippen LogP contribution in [0.4, 0.5) is 16.2 Å². The first kappa shape index (κ1) is 15.0. The van der Waals surface area contributed by atoms with Crippen LogP contribution in [0.15, 0.2) is 6.20 Å². The third-order valence-corrected chi connectivity index (χ3v) is 4.00. The molecule has 1 aliphatic rings. The summed E-state index contributed by atoms with van der Waals surface area (Å²) in [4.78, 5) is 8.03. The first-order valence-corrected chi connectivity index (χ1v) is 7.24. The van der Waals surface area contributed by atoms with Crippen molar-refractivity contribution in [3.05, 3.63) is 12.0 Å². The molecule has 1 heterocycles. The van der Waals surface area contributed by atoms with Gasteiger partial charge >= 0.3 is 0 Å². The first-order valence-electron chi connectivity index (χ1n) is 7.24. The molecular weight excluding hydrogens is 259 g/mol. The van der Waals surface area contributed by atoms with E-state index in [9.17, 15) is 9.50 Å². The number of halogens is 1. The van der Waals surface area contributed by atoms with Gasteiger partial charge in [-0.05, 0) is 38.5 Å². The van der Waals surface area contributed by atoms with E-state index in [1.165, 1.54) is 0 Å². The molecule has 0 saturated heterocycles. The van der Waals surface area contributed by atoms with Crippen LogP contribution in [-0.4, -0.2) is 33.8 Å². The Kier molecular flexibility index (Phi) is 4.75. The molecule has 5 nitrogen and oxygen atoms in total. The Labute approximate surface area is 119 Å². The fraction of sp³-hybridized carbons (Fsp3) is 0.714. The monoisotopic (exact) mass is 282 g/mol. The summed E-state index contributed by atoms with van der Waals surface area (Å²) in [6.45, 7) is 4.79. The van der Waals surface area contributed by atoms with Gasteiger partial charge in [0.2, 0.25) is 5.95 Å². The van der Waals surface area contributed by atoms with Gasteiger partial charge in [0, 0.05) is 6.54 Å². The fourth-order valence-electron chi connectivity index (χ4n) is 2.59. The van der Waals surface area contributed by atoms with Crippen molar-refractivity contribution >= 4 is 11.8 Å². The smallest absolute Gasteiger partial charge is 0.224 e. The van der Waals surface area contributed by atoms with Crippen molar-refractivity contribution < 1.29 is 9.50 Å². The first-order chi connectivity index (χ1) is 9.58. The molecule has 112 valence electrons. The van der Waals surface area contributed by atoms with Crippen molar-refractivity contribution in [3.63, 3.8) is 0 Å². The number of rotatable bonds is 5. The highest BCUT2D eigenvalue weighted by Crippen LogP contribution is 2.34. The number of nitrogens with zero attached hydrogens (tertiary/aromatic N) is 2. The molecule has 3 N–H and O–H groups in total. The minimum atomic E-state index is -0.488. The Bertz CT molecular complexity index is 447. The number of aromatic nitrogens is 2. The predicted octanol–water partition coefficient (Wildman–Crippen LogP) is 2.40. The van der Waals surface area contributed by atoms with E-state index in [-0.39, 0.29) is 12.4 Å². The zero-order chi connectivity index (χ0) is 14.6. The lowest BCUT2D eigenvalue weighted by Gasteiger charge is -2.39. The summed E-state index contributed by atoms with van der Waals surface area (Å²) in [5.41, 5.74) is -0.467. The van der Waals surface area contributed by atoms with Crippen molar-refractivity contribution in [2.45, 2.75) is 45.1 Å². The molecule has 1 saturated carbocycles. The van der Waals surface area contributed by atoms with Crippen molar-refractivity contribution in [1.82, 2.24) is 9.97 Å². The van der Waals surface area contributed by atoms with Crippen LogP contribution in [-0.2, 0) is 0 Å². The molecule has 1 aromatic rings. The topological polar surface area (TPSA) is 70.1 Å². The van der Waals surface area contributed by atoms with E-state index < -0.39 is 11.4 Å². The summed E-state index contributed by atoms with van der Waals surface area (Å²) >= 11 is 0. The molecule has 1 aromatic heterocycles. The molecule has 0 atom stereocenters. The van der Waals surface area contributed by atoms with Gasteiger partial charge in [0.05, 0.1) is 18.3 Å². The number of aliphatic hydroxyl groups is 1. The number of anilines is 2. The lowest BCUT2D eigenvalue weighted by atomic mass is 9.77. The molecule has 2 rings (SSSR count). The Hall–Kier alpha value is -1.43. The Morgan fingerprint density at radius 1 is 1.45 bits per heavy atom. The summed E-state index contributed by atoms with van der Waals surface area (Å²) in [7, 11) is 0. The van der Waals surface area contributed by atoms with Crippen molar-refractivity contribution in [3.8, 4) is 0 Å². The van der Waals surface area contributed by atoms with Crippen molar-refractivity contribution in [1.29, 1.82) is 0 Å². The maximum Gasteiger partial charge on any atom is 0.224 e. The lowest BCUT2D eigenvalue weighted by Crippen LogP contribution is -2.45. The summed E-state index contributed by atoms with van der Waals surface area (Å²) in [6, 6.07) is 0. The van der Waals surface area contributed by atoms with Crippen LogP contribution in [0.1, 0.15) is 39.5 Å². The van der Waals surface area contributed by atoms with Crippen LogP contribution in [0.3, 0.4) is 0 Å². The van der Waals surface area contributed by atoms with E-state index in [1.807, 2.05) is 6.92 Å². The van der Waals surface area contributed by atoms with E-state index >= 15 is 0 Å². The van der Waals surface area contributed by atoms with Crippen LogP contribution in [0, 0.1) is 11.7 Å². The summed E-state index contributed by atoms with van der Waals surface area (Å²) < 4.78 is 13.9. The largest absolute Gasteiger partial charge is 0.394 e. The van der Waals surface area contributed by atoms with E-state index in [4.69, 9.17) is 0 Å². The number of aliphatic hydroxyl groups excluding tert-OH is 1. The van der Waals surface area contributed by atoms with Crippen molar-refractivity contribution in [2.75, 3.05) is 23.8 Å². The fourth-order valence-corrected chi connectivity index (χ4v) is 2.59. The maximum atomic E-state index is 13.9. The molecule has 0 radical (unpaired) electrons. The second-order valence-electron chi connectivity index (χ2n) is 5.67. The normalized spacial score (nSPS) is 26.3. The van der Waals surface area contributed by atoms with Gasteiger partial charge in [0.1, 0.15) is 0 Å². The van der Waals surface area contributed by atoms with Crippen LogP contribution in [0.25, 0.3) is 0 Å². The van der Waals surface area contributed by atoms with Crippen LogP contribution < -0.4 is 10.6 Å². The zero-order valence-corrected chi connectivity index (χ0v) is 12.1. The van der Waals surface area contributed by atoms with Crippen LogP contribution in [0.5, 0.6) is 0 Å². The molecule has 1 aliphatic carbocycles. The van der Waals surface area contributed by atoms with Gasteiger partial charge in [-0.15, -0.1) is 0 Å². The molecule has 0 unspecified atom stereocenters. The highest BCUT2D eigenvalue weighted by atomic mass is 19.1. The average Bonchev–Trinajstić information content (AvgIpc) is 2.46. The molecule has 0 aromatic carbocycles. The Balaban J connectivity index is 2.16. The average molecular weight is 282 g/mol. The summed E-state index contributed by atoms with van der Waals surface area (Å²) in [5.74, 6) is 0.732. The predicted molar refractivity (Wildman–Crippen MR) is 77.2 cm³/mol. The third-order valence-electron chi connectivity index (χ3n) is 4.00. The number of nitrogens with one attached hydrogen (secondary N) is 2. The van der Waals surface area contributed by atoms with Gasteiger partial charge in [-0.2, -0.15) is 4.98 Å². The highest BCUT2D eigenvalue weighted by Gasteiger charge is 2.34. The van der Waals surface area contributed by atoms with E-state index in [2.05, 4.69) is 27.5 Å². The van der Waals surface area contributed by atoms with E-state index in [0.29, 0.717) is 18.4 Å². The molecule has 6 heteroatoms. The van der Waals surface area contributed by atoms with Crippen molar-refractivity contribution in [2.24, 2.45) is 5.92 Å². The van der Waals surface area contributed by atoms with Gasteiger partial charge in [-0.3, -0.25) is 0 Å². The third kappa shape index (κ3) is 3.36. The molecule has 0 spiro atoms. The molecular formula is C14H23FN4O. The molecule has 1 fully saturated rings. The number of hydrogen-bond acceptors (Lipinski definition) is 5. The Morgan fingerprint density at radius 2 is 2.15 bits per heavy atom. The molecule has 0 aliphatic heterocycles. The second-order valence-corrected chi connectivity index (χ2v) is 5.67.